The second kappa shape index (κ2) is 7.51. The molecule has 8 heteroatoms. The number of hydrogen-bond donors (Lipinski definition) is 1. The van der Waals surface area contributed by atoms with Crippen molar-refractivity contribution in [2.45, 2.75) is 31.6 Å². The molecule has 20 heavy (non-hydrogen) atoms. The van der Waals surface area contributed by atoms with E-state index in [0.717, 1.165) is 12.7 Å². The van der Waals surface area contributed by atoms with E-state index in [0.29, 0.717) is 19.5 Å². The average molecular weight is 313 g/mol. The predicted octanol–water partition coefficient (Wildman–Crippen LogP) is 1.16. The van der Waals surface area contributed by atoms with Crippen LogP contribution in [0.2, 0.25) is 0 Å². The Morgan fingerprint density at radius 2 is 1.85 bits per heavy atom. The second-order valence-corrected chi connectivity index (χ2v) is 5.95. The number of thioether (sulfide) groups is 1. The first-order chi connectivity index (χ1) is 9.27. The summed E-state index contributed by atoms with van der Waals surface area (Å²) in [6.45, 7) is 2.25. The number of hydrogen-bond acceptors (Lipinski definition) is 4. The van der Waals surface area contributed by atoms with Gasteiger partial charge in [0, 0.05) is 26.2 Å². The van der Waals surface area contributed by atoms with Crippen molar-refractivity contribution < 1.29 is 18.0 Å². The number of amides is 1. The molecule has 118 valence electrons. The minimum absolute atomic E-state index is 0.154. The third-order valence-corrected chi connectivity index (χ3v) is 4.24. The highest BCUT2D eigenvalue weighted by atomic mass is 32.2. The zero-order chi connectivity index (χ0) is 15.3. The monoisotopic (exact) mass is 313 g/mol. The molecular formula is C12H22F3N3OS. The minimum atomic E-state index is -4.22. The Bertz CT molecular complexity index is 320. The van der Waals surface area contributed by atoms with Gasteiger partial charge >= 0.3 is 6.18 Å². The molecule has 0 aliphatic carbocycles. The number of carbonyl (C=O) groups is 1. The Morgan fingerprint density at radius 3 is 2.30 bits per heavy atom. The van der Waals surface area contributed by atoms with E-state index in [9.17, 15) is 18.0 Å². The van der Waals surface area contributed by atoms with Crippen LogP contribution >= 0.6 is 11.8 Å². The predicted molar refractivity (Wildman–Crippen MR) is 74.6 cm³/mol. The molecule has 0 saturated carbocycles. The number of nitrogens with zero attached hydrogens (tertiary/aromatic N) is 2. The molecule has 1 aliphatic rings. The maximum Gasteiger partial charge on any atom is 0.403 e. The highest BCUT2D eigenvalue weighted by molar-refractivity contribution is 7.98. The van der Waals surface area contributed by atoms with Gasteiger partial charge in [0.25, 0.3) is 0 Å². The third-order valence-electron chi connectivity index (χ3n) is 3.60. The molecule has 1 amide bonds. The fourth-order valence-corrected chi connectivity index (χ4v) is 2.63. The van der Waals surface area contributed by atoms with Gasteiger partial charge in [-0.1, -0.05) is 0 Å². The van der Waals surface area contributed by atoms with Gasteiger partial charge in [0.2, 0.25) is 5.91 Å². The summed E-state index contributed by atoms with van der Waals surface area (Å²) in [6.07, 6.45) is -1.69. The second-order valence-electron chi connectivity index (χ2n) is 4.97. The van der Waals surface area contributed by atoms with Crippen molar-refractivity contribution in [2.24, 2.45) is 5.73 Å². The topological polar surface area (TPSA) is 49.6 Å². The van der Waals surface area contributed by atoms with Crippen molar-refractivity contribution in [2.75, 3.05) is 38.2 Å². The minimum Gasteiger partial charge on any atom is -0.339 e. The maximum atomic E-state index is 12.6. The largest absolute Gasteiger partial charge is 0.403 e. The Hall–Kier alpha value is -0.470. The van der Waals surface area contributed by atoms with E-state index in [-0.39, 0.29) is 19.0 Å². The molecule has 4 nitrogen and oxygen atoms in total. The number of halogens is 3. The van der Waals surface area contributed by atoms with Crippen LogP contribution in [0.1, 0.15) is 13.3 Å². The lowest BCUT2D eigenvalue weighted by Crippen LogP contribution is -2.57. The number of carbonyl (C=O) groups excluding carboxylic acids is 1. The SMILES string of the molecule is CSCC[C@H](N)C(=O)N1CCN(C(C)C(F)(F)F)CC1. The Morgan fingerprint density at radius 1 is 1.30 bits per heavy atom. The molecule has 0 bridgehead atoms. The van der Waals surface area contributed by atoms with Crippen molar-refractivity contribution >= 4 is 17.7 Å². The van der Waals surface area contributed by atoms with Crippen molar-refractivity contribution in [1.29, 1.82) is 0 Å². The summed E-state index contributed by atoms with van der Waals surface area (Å²) in [7, 11) is 0. The summed E-state index contributed by atoms with van der Waals surface area (Å²) in [5, 5.41) is 0. The molecule has 0 aromatic heterocycles. The van der Waals surface area contributed by atoms with Crippen LogP contribution in [0.15, 0.2) is 0 Å². The highest BCUT2D eigenvalue weighted by Gasteiger charge is 2.41. The van der Waals surface area contributed by atoms with Crippen molar-refractivity contribution in [3.05, 3.63) is 0 Å². The van der Waals surface area contributed by atoms with Crippen LogP contribution in [0, 0.1) is 0 Å². The lowest BCUT2D eigenvalue weighted by atomic mass is 10.1. The van der Waals surface area contributed by atoms with Crippen LogP contribution < -0.4 is 5.73 Å². The van der Waals surface area contributed by atoms with Crippen molar-refractivity contribution in [3.63, 3.8) is 0 Å². The Balaban J connectivity index is 2.44. The first kappa shape index (κ1) is 17.6. The van der Waals surface area contributed by atoms with Crippen LogP contribution in [0.25, 0.3) is 0 Å². The maximum absolute atomic E-state index is 12.6. The van der Waals surface area contributed by atoms with Gasteiger partial charge in [-0.05, 0) is 25.4 Å². The van der Waals surface area contributed by atoms with E-state index >= 15 is 0 Å². The summed E-state index contributed by atoms with van der Waals surface area (Å²) in [5.41, 5.74) is 5.80. The lowest BCUT2D eigenvalue weighted by molar-refractivity contribution is -0.183. The number of piperazine rings is 1. The van der Waals surface area contributed by atoms with Gasteiger partial charge < -0.3 is 10.6 Å². The first-order valence-corrected chi connectivity index (χ1v) is 8.00. The average Bonchev–Trinajstić information content (AvgIpc) is 2.42. The molecule has 0 aromatic carbocycles. The van der Waals surface area contributed by atoms with Gasteiger partial charge in [-0.25, -0.2) is 0 Å². The molecule has 1 aliphatic heterocycles. The van der Waals surface area contributed by atoms with E-state index in [4.69, 9.17) is 5.73 Å². The van der Waals surface area contributed by atoms with Gasteiger partial charge in [-0.3, -0.25) is 9.69 Å². The van der Waals surface area contributed by atoms with Crippen molar-refractivity contribution in [1.82, 2.24) is 9.80 Å². The van der Waals surface area contributed by atoms with E-state index in [1.165, 1.54) is 4.90 Å². The normalized spacial score (nSPS) is 20.8. The lowest BCUT2D eigenvalue weighted by Gasteiger charge is -2.39. The number of alkyl halides is 3. The molecular weight excluding hydrogens is 291 g/mol. The molecule has 0 spiro atoms. The van der Waals surface area contributed by atoms with Crippen LogP contribution in [-0.4, -0.2) is 72.2 Å². The molecule has 2 N–H and O–H groups in total. The zero-order valence-corrected chi connectivity index (χ0v) is 12.6. The summed E-state index contributed by atoms with van der Waals surface area (Å²) < 4.78 is 37.8. The summed E-state index contributed by atoms with van der Waals surface area (Å²) in [6, 6.07) is -2.01. The van der Waals surface area contributed by atoms with E-state index in [2.05, 4.69) is 0 Å². The smallest absolute Gasteiger partial charge is 0.339 e. The molecule has 0 radical (unpaired) electrons. The Kier molecular flexibility index (Phi) is 6.60. The number of rotatable bonds is 5. The van der Waals surface area contributed by atoms with Gasteiger partial charge in [0.1, 0.15) is 6.04 Å². The van der Waals surface area contributed by atoms with Crippen molar-refractivity contribution in [3.8, 4) is 0 Å². The van der Waals surface area contributed by atoms with Crippen LogP contribution in [0.3, 0.4) is 0 Å². The summed E-state index contributed by atoms with van der Waals surface area (Å²) in [5.74, 6) is 0.649. The fourth-order valence-electron chi connectivity index (χ4n) is 2.14. The first-order valence-electron chi connectivity index (χ1n) is 6.61. The van der Waals surface area contributed by atoms with Crippen LogP contribution in [0.5, 0.6) is 0 Å². The van der Waals surface area contributed by atoms with Gasteiger partial charge in [-0.15, -0.1) is 0 Å². The van der Waals surface area contributed by atoms with E-state index in [1.807, 2.05) is 6.26 Å². The van der Waals surface area contributed by atoms with E-state index in [1.54, 1.807) is 16.7 Å². The standard InChI is InChI=1S/C12H22F3N3OS/c1-9(12(13,14)15)17-4-6-18(7-5-17)11(19)10(16)3-8-20-2/h9-10H,3-8,16H2,1-2H3/t9?,10-/m0/s1. The van der Waals surface area contributed by atoms with Crippen LogP contribution in [-0.2, 0) is 4.79 Å². The molecule has 1 fully saturated rings. The molecule has 1 unspecified atom stereocenters. The summed E-state index contributed by atoms with van der Waals surface area (Å²) >= 11 is 1.62. The summed E-state index contributed by atoms with van der Waals surface area (Å²) in [4.78, 5) is 15.0. The molecule has 2 atom stereocenters. The van der Waals surface area contributed by atoms with Crippen LogP contribution in [0.4, 0.5) is 13.2 Å². The van der Waals surface area contributed by atoms with E-state index < -0.39 is 18.3 Å². The molecule has 1 saturated heterocycles. The quantitative estimate of drug-likeness (QED) is 0.827. The Labute approximate surface area is 121 Å². The van der Waals surface area contributed by atoms with Gasteiger partial charge in [0.05, 0.1) is 6.04 Å². The molecule has 0 aromatic rings. The zero-order valence-electron chi connectivity index (χ0n) is 11.8. The third kappa shape index (κ3) is 4.82. The fraction of sp³-hybridized carbons (Fsp3) is 0.917. The van der Waals surface area contributed by atoms with Gasteiger partial charge in [0.15, 0.2) is 0 Å². The van der Waals surface area contributed by atoms with Gasteiger partial charge in [-0.2, -0.15) is 24.9 Å². The highest BCUT2D eigenvalue weighted by Crippen LogP contribution is 2.25. The molecule has 1 heterocycles. The number of nitrogens with two attached hydrogens (primary N) is 1. The molecule has 1 rings (SSSR count).